The summed E-state index contributed by atoms with van der Waals surface area (Å²) in [5.74, 6) is 0.172. The average Bonchev–Trinajstić information content (AvgIpc) is 3.15. The van der Waals surface area contributed by atoms with E-state index in [0.29, 0.717) is 19.0 Å². The molecule has 1 heterocycles. The second kappa shape index (κ2) is 6.50. The number of nitrogens with zero attached hydrogens (tertiary/aromatic N) is 2. The van der Waals surface area contributed by atoms with E-state index in [-0.39, 0.29) is 11.9 Å². The lowest BCUT2D eigenvalue weighted by molar-refractivity contribution is -0.122. The highest BCUT2D eigenvalue weighted by atomic mass is 16.1. The predicted octanol–water partition coefficient (Wildman–Crippen LogP) is -0.380. The molecule has 1 unspecified atom stereocenters. The minimum atomic E-state index is 0.172. The largest absolute Gasteiger partial charge is 0.353 e. The Kier molecular flexibility index (Phi) is 4.97. The molecule has 1 amide bonds. The van der Waals surface area contributed by atoms with Crippen molar-refractivity contribution in [3.8, 4) is 0 Å². The number of amides is 1. The van der Waals surface area contributed by atoms with E-state index in [4.69, 9.17) is 5.73 Å². The third-order valence-electron chi connectivity index (χ3n) is 3.91. The Balaban J connectivity index is 1.80. The lowest BCUT2D eigenvalue weighted by Gasteiger charge is -2.29. The Morgan fingerprint density at radius 1 is 1.33 bits per heavy atom. The second-order valence-corrected chi connectivity index (χ2v) is 5.63. The topological polar surface area (TPSA) is 61.6 Å². The number of hydrogen-bond donors (Lipinski definition) is 2. The molecule has 3 N–H and O–H groups in total. The Morgan fingerprint density at radius 2 is 2.11 bits per heavy atom. The van der Waals surface area contributed by atoms with Gasteiger partial charge in [0.1, 0.15) is 0 Å². The molecule has 0 bridgehead atoms. The van der Waals surface area contributed by atoms with E-state index < -0.39 is 0 Å². The summed E-state index contributed by atoms with van der Waals surface area (Å²) in [7, 11) is 2.15. The summed E-state index contributed by atoms with van der Waals surface area (Å²) in [5.41, 5.74) is 5.85. The van der Waals surface area contributed by atoms with Gasteiger partial charge in [-0.3, -0.25) is 9.69 Å². The van der Waals surface area contributed by atoms with Crippen LogP contribution in [-0.2, 0) is 4.79 Å². The summed E-state index contributed by atoms with van der Waals surface area (Å²) >= 11 is 0. The van der Waals surface area contributed by atoms with Crippen LogP contribution in [0.5, 0.6) is 0 Å². The Labute approximate surface area is 110 Å². The number of likely N-dealkylation sites (N-methyl/N-ethyl adjacent to an activating group) is 1. The normalized spacial score (nSPS) is 24.6. The molecular formula is C13H26N4O. The Hall–Kier alpha value is -0.650. The number of rotatable bonds is 5. The Bertz CT molecular complexity index is 280. The van der Waals surface area contributed by atoms with Gasteiger partial charge < -0.3 is 16.0 Å². The van der Waals surface area contributed by atoms with Crippen molar-refractivity contribution in [3.63, 3.8) is 0 Å². The van der Waals surface area contributed by atoms with Gasteiger partial charge in [0.2, 0.25) is 5.91 Å². The molecule has 2 fully saturated rings. The standard InChI is InChI=1S/C13H26N4O/c1-16-5-2-6-17(8-7-16)12(10-14)9-13(18)15-11-3-4-11/h11-12H,2-10,14H2,1H3,(H,15,18). The van der Waals surface area contributed by atoms with Crippen LogP contribution in [0.4, 0.5) is 0 Å². The molecule has 1 saturated heterocycles. The molecule has 2 aliphatic rings. The number of carbonyl (C=O) groups is 1. The van der Waals surface area contributed by atoms with E-state index >= 15 is 0 Å². The first-order valence-corrected chi connectivity index (χ1v) is 7.11. The van der Waals surface area contributed by atoms with Crippen LogP contribution in [0.1, 0.15) is 25.7 Å². The van der Waals surface area contributed by atoms with E-state index in [1.807, 2.05) is 0 Å². The van der Waals surface area contributed by atoms with E-state index in [9.17, 15) is 4.79 Å². The highest BCUT2D eigenvalue weighted by Gasteiger charge is 2.26. The lowest BCUT2D eigenvalue weighted by atomic mass is 10.1. The van der Waals surface area contributed by atoms with Gasteiger partial charge in [0.05, 0.1) is 0 Å². The van der Waals surface area contributed by atoms with Crippen molar-refractivity contribution in [2.45, 2.75) is 37.8 Å². The maximum atomic E-state index is 11.9. The molecular weight excluding hydrogens is 228 g/mol. The molecule has 0 aromatic rings. The second-order valence-electron chi connectivity index (χ2n) is 5.63. The fourth-order valence-corrected chi connectivity index (χ4v) is 2.52. The number of nitrogens with two attached hydrogens (primary N) is 1. The van der Waals surface area contributed by atoms with E-state index in [1.54, 1.807) is 0 Å². The molecule has 18 heavy (non-hydrogen) atoms. The fourth-order valence-electron chi connectivity index (χ4n) is 2.52. The third-order valence-corrected chi connectivity index (χ3v) is 3.91. The van der Waals surface area contributed by atoms with Gasteiger partial charge in [-0.1, -0.05) is 0 Å². The molecule has 0 radical (unpaired) electrons. The summed E-state index contributed by atoms with van der Waals surface area (Å²) in [5, 5.41) is 3.05. The van der Waals surface area contributed by atoms with Gasteiger partial charge >= 0.3 is 0 Å². The van der Waals surface area contributed by atoms with Crippen LogP contribution < -0.4 is 11.1 Å². The molecule has 1 aliphatic carbocycles. The minimum Gasteiger partial charge on any atom is -0.353 e. The number of hydrogen-bond acceptors (Lipinski definition) is 4. The van der Waals surface area contributed by atoms with Crippen LogP contribution in [-0.4, -0.2) is 67.6 Å². The van der Waals surface area contributed by atoms with Crippen molar-refractivity contribution >= 4 is 5.91 Å². The van der Waals surface area contributed by atoms with E-state index in [2.05, 4.69) is 22.2 Å². The molecule has 5 heteroatoms. The molecule has 0 spiro atoms. The molecule has 0 aromatic carbocycles. The van der Waals surface area contributed by atoms with Crippen molar-refractivity contribution in [1.29, 1.82) is 0 Å². The maximum absolute atomic E-state index is 11.9. The van der Waals surface area contributed by atoms with Crippen molar-refractivity contribution < 1.29 is 4.79 Å². The summed E-state index contributed by atoms with van der Waals surface area (Å²) in [4.78, 5) is 16.6. The van der Waals surface area contributed by atoms with Gasteiger partial charge in [-0.25, -0.2) is 0 Å². The smallest absolute Gasteiger partial charge is 0.221 e. The van der Waals surface area contributed by atoms with Crippen LogP contribution in [0, 0.1) is 0 Å². The molecule has 104 valence electrons. The lowest BCUT2D eigenvalue weighted by Crippen LogP contribution is -2.45. The molecule has 1 aliphatic heterocycles. The zero-order chi connectivity index (χ0) is 13.0. The zero-order valence-corrected chi connectivity index (χ0v) is 11.4. The van der Waals surface area contributed by atoms with Crippen LogP contribution >= 0.6 is 0 Å². The summed E-state index contributed by atoms with van der Waals surface area (Å²) in [6.07, 6.45) is 4.01. The summed E-state index contributed by atoms with van der Waals surface area (Å²) in [6.45, 7) is 4.86. The molecule has 1 atom stereocenters. The van der Waals surface area contributed by atoms with Crippen LogP contribution in [0.15, 0.2) is 0 Å². The van der Waals surface area contributed by atoms with Crippen LogP contribution in [0.2, 0.25) is 0 Å². The highest BCUT2D eigenvalue weighted by molar-refractivity contribution is 5.77. The van der Waals surface area contributed by atoms with Gasteiger partial charge in [-0.15, -0.1) is 0 Å². The SMILES string of the molecule is CN1CCCN(C(CN)CC(=O)NC2CC2)CC1. The zero-order valence-electron chi connectivity index (χ0n) is 11.4. The van der Waals surface area contributed by atoms with Crippen LogP contribution in [0.25, 0.3) is 0 Å². The van der Waals surface area contributed by atoms with E-state index in [1.165, 1.54) is 0 Å². The van der Waals surface area contributed by atoms with E-state index in [0.717, 1.165) is 45.4 Å². The average molecular weight is 254 g/mol. The predicted molar refractivity (Wildman–Crippen MR) is 72.3 cm³/mol. The number of carbonyl (C=O) groups excluding carboxylic acids is 1. The van der Waals surface area contributed by atoms with Gasteiger partial charge in [0.15, 0.2) is 0 Å². The summed E-state index contributed by atoms with van der Waals surface area (Å²) < 4.78 is 0. The first kappa shape index (κ1) is 13.8. The highest BCUT2D eigenvalue weighted by Crippen LogP contribution is 2.19. The first-order valence-electron chi connectivity index (χ1n) is 7.11. The van der Waals surface area contributed by atoms with Gasteiger partial charge in [0, 0.05) is 38.1 Å². The fraction of sp³-hybridized carbons (Fsp3) is 0.923. The van der Waals surface area contributed by atoms with Crippen molar-refractivity contribution in [2.75, 3.05) is 39.8 Å². The monoisotopic (exact) mass is 254 g/mol. The van der Waals surface area contributed by atoms with Gasteiger partial charge in [-0.05, 0) is 39.4 Å². The Morgan fingerprint density at radius 3 is 2.78 bits per heavy atom. The molecule has 5 nitrogen and oxygen atoms in total. The molecule has 0 aromatic heterocycles. The molecule has 1 saturated carbocycles. The first-order chi connectivity index (χ1) is 8.69. The number of nitrogens with one attached hydrogen (secondary N) is 1. The van der Waals surface area contributed by atoms with Crippen molar-refractivity contribution in [1.82, 2.24) is 15.1 Å². The quantitative estimate of drug-likeness (QED) is 0.702. The minimum absolute atomic E-state index is 0.172. The van der Waals surface area contributed by atoms with Crippen molar-refractivity contribution in [2.24, 2.45) is 5.73 Å². The molecule has 2 rings (SSSR count). The third kappa shape index (κ3) is 4.23. The van der Waals surface area contributed by atoms with Gasteiger partial charge in [0.25, 0.3) is 0 Å². The van der Waals surface area contributed by atoms with Gasteiger partial charge in [-0.2, -0.15) is 0 Å². The maximum Gasteiger partial charge on any atom is 0.221 e. The van der Waals surface area contributed by atoms with Crippen LogP contribution in [0.3, 0.4) is 0 Å². The summed E-state index contributed by atoms with van der Waals surface area (Å²) in [6, 6.07) is 0.654. The van der Waals surface area contributed by atoms with Crippen molar-refractivity contribution in [3.05, 3.63) is 0 Å².